The van der Waals surface area contributed by atoms with Gasteiger partial charge in [0.25, 0.3) is 5.56 Å². The molecule has 0 bridgehead atoms. The van der Waals surface area contributed by atoms with Crippen LogP contribution in [0, 0.1) is 6.92 Å². The van der Waals surface area contributed by atoms with Crippen molar-refractivity contribution in [3.05, 3.63) is 76.4 Å². The number of furan rings is 1. The molecule has 6 nitrogen and oxygen atoms in total. The smallest absolute Gasteiger partial charge is 0.258 e. The van der Waals surface area contributed by atoms with Crippen LogP contribution in [0.5, 0.6) is 5.75 Å². The second-order valence-electron chi connectivity index (χ2n) is 7.35. The first-order valence-corrected chi connectivity index (χ1v) is 9.46. The van der Waals surface area contributed by atoms with Gasteiger partial charge in [-0.3, -0.25) is 9.36 Å². The lowest BCUT2D eigenvalue weighted by Crippen LogP contribution is -2.16. The Labute approximate surface area is 162 Å². The number of rotatable bonds is 5. The number of pyridine rings is 1. The molecule has 0 spiro atoms. The summed E-state index contributed by atoms with van der Waals surface area (Å²) in [6.45, 7) is 2.18. The van der Waals surface area contributed by atoms with Crippen molar-refractivity contribution in [2.75, 3.05) is 0 Å². The fourth-order valence-electron chi connectivity index (χ4n) is 3.53. The van der Waals surface area contributed by atoms with E-state index >= 15 is 0 Å². The molecule has 28 heavy (non-hydrogen) atoms. The van der Waals surface area contributed by atoms with Crippen LogP contribution in [0.3, 0.4) is 0 Å². The highest BCUT2D eigenvalue weighted by molar-refractivity contribution is 5.78. The predicted octanol–water partition coefficient (Wildman–Crippen LogP) is 4.08. The van der Waals surface area contributed by atoms with Crippen LogP contribution in [-0.4, -0.2) is 14.1 Å². The van der Waals surface area contributed by atoms with Gasteiger partial charge in [0, 0.05) is 25.2 Å². The number of aromatic nitrogens is 3. The summed E-state index contributed by atoms with van der Waals surface area (Å²) in [4.78, 5) is 17.4. The van der Waals surface area contributed by atoms with E-state index < -0.39 is 0 Å². The van der Waals surface area contributed by atoms with Crippen molar-refractivity contribution >= 4 is 11.0 Å². The summed E-state index contributed by atoms with van der Waals surface area (Å²) in [5.74, 6) is 3.81. The van der Waals surface area contributed by atoms with E-state index in [4.69, 9.17) is 14.1 Å². The van der Waals surface area contributed by atoms with Crippen LogP contribution in [0.25, 0.3) is 16.7 Å². The molecule has 0 saturated heterocycles. The molecule has 1 aliphatic rings. The molecule has 0 atom stereocenters. The van der Waals surface area contributed by atoms with Crippen LogP contribution < -0.4 is 10.3 Å². The van der Waals surface area contributed by atoms with Crippen molar-refractivity contribution in [3.8, 4) is 11.4 Å². The largest absolute Gasteiger partial charge is 0.485 e. The number of fused-ring (bicyclic) bond motifs is 1. The van der Waals surface area contributed by atoms with E-state index in [0.29, 0.717) is 18.3 Å². The van der Waals surface area contributed by atoms with Crippen molar-refractivity contribution in [2.24, 2.45) is 7.05 Å². The van der Waals surface area contributed by atoms with E-state index in [2.05, 4.69) is 4.57 Å². The average molecular weight is 375 g/mol. The first-order chi connectivity index (χ1) is 13.6. The van der Waals surface area contributed by atoms with Crippen LogP contribution in [0.2, 0.25) is 0 Å². The summed E-state index contributed by atoms with van der Waals surface area (Å²) in [6, 6.07) is 13.0. The number of ether oxygens (including phenoxy) is 1. The number of aryl methyl sites for hydroxylation is 2. The van der Waals surface area contributed by atoms with E-state index in [1.54, 1.807) is 16.8 Å². The Balaban J connectivity index is 1.42. The van der Waals surface area contributed by atoms with Gasteiger partial charge in [0.15, 0.2) is 0 Å². The van der Waals surface area contributed by atoms with E-state index in [-0.39, 0.29) is 5.56 Å². The lowest BCUT2D eigenvalue weighted by atomic mass is 10.2. The minimum absolute atomic E-state index is 0.142. The maximum atomic E-state index is 12.6. The van der Waals surface area contributed by atoms with Gasteiger partial charge >= 0.3 is 0 Å². The van der Waals surface area contributed by atoms with Crippen LogP contribution in [0.15, 0.2) is 57.9 Å². The molecule has 1 aliphatic carbocycles. The molecule has 3 aromatic heterocycles. The Morgan fingerprint density at radius 1 is 1.18 bits per heavy atom. The van der Waals surface area contributed by atoms with E-state index in [9.17, 15) is 4.79 Å². The van der Waals surface area contributed by atoms with Crippen molar-refractivity contribution in [2.45, 2.75) is 32.3 Å². The normalized spacial score (nSPS) is 13.9. The second kappa shape index (κ2) is 6.41. The third-order valence-electron chi connectivity index (χ3n) is 5.19. The van der Waals surface area contributed by atoms with E-state index in [1.807, 2.05) is 44.3 Å². The lowest BCUT2D eigenvalue weighted by Gasteiger charge is -2.09. The fraction of sp³-hybridized carbons (Fsp3) is 0.273. The Bertz CT molecular complexity index is 1230. The van der Waals surface area contributed by atoms with Gasteiger partial charge in [-0.25, -0.2) is 4.98 Å². The van der Waals surface area contributed by atoms with Gasteiger partial charge in [-0.2, -0.15) is 0 Å². The topological polar surface area (TPSA) is 62.2 Å². The quantitative estimate of drug-likeness (QED) is 0.527. The molecule has 142 valence electrons. The first-order valence-electron chi connectivity index (χ1n) is 9.46. The molecule has 1 aromatic carbocycles. The Hall–Kier alpha value is -3.28. The summed E-state index contributed by atoms with van der Waals surface area (Å²) in [6.07, 6.45) is 4.16. The molecule has 0 aliphatic heterocycles. The molecule has 0 radical (unpaired) electrons. The number of nitrogens with zero attached hydrogens (tertiary/aromatic N) is 3. The van der Waals surface area contributed by atoms with Crippen molar-refractivity contribution in [3.63, 3.8) is 0 Å². The number of benzene rings is 1. The maximum Gasteiger partial charge on any atom is 0.258 e. The highest BCUT2D eigenvalue weighted by Crippen LogP contribution is 2.40. The van der Waals surface area contributed by atoms with Crippen molar-refractivity contribution in [1.29, 1.82) is 0 Å². The molecule has 1 fully saturated rings. The summed E-state index contributed by atoms with van der Waals surface area (Å²) in [5, 5.41) is 0. The third-order valence-corrected chi connectivity index (χ3v) is 5.19. The molecule has 0 amide bonds. The summed E-state index contributed by atoms with van der Waals surface area (Å²) >= 11 is 0. The summed E-state index contributed by atoms with van der Waals surface area (Å²) in [7, 11) is 2.04. The molecule has 5 rings (SSSR count). The summed E-state index contributed by atoms with van der Waals surface area (Å²) in [5.41, 5.74) is 2.68. The lowest BCUT2D eigenvalue weighted by molar-refractivity contribution is 0.267. The molecular formula is C22H21N3O3. The predicted molar refractivity (Wildman–Crippen MR) is 106 cm³/mol. The van der Waals surface area contributed by atoms with Crippen LogP contribution >= 0.6 is 0 Å². The molecule has 0 N–H and O–H groups in total. The highest BCUT2D eigenvalue weighted by Gasteiger charge is 2.28. The van der Waals surface area contributed by atoms with Gasteiger partial charge in [-0.05, 0) is 56.2 Å². The first kappa shape index (κ1) is 16.9. The number of imidazole rings is 1. The zero-order chi connectivity index (χ0) is 19.3. The fourth-order valence-corrected chi connectivity index (χ4v) is 3.53. The second-order valence-corrected chi connectivity index (χ2v) is 7.35. The number of hydrogen-bond donors (Lipinski definition) is 0. The van der Waals surface area contributed by atoms with E-state index in [1.165, 1.54) is 18.9 Å². The van der Waals surface area contributed by atoms with Gasteiger partial charge < -0.3 is 13.7 Å². The van der Waals surface area contributed by atoms with Gasteiger partial charge in [0.2, 0.25) is 0 Å². The van der Waals surface area contributed by atoms with Crippen molar-refractivity contribution in [1.82, 2.24) is 14.1 Å². The Morgan fingerprint density at radius 2 is 2.04 bits per heavy atom. The van der Waals surface area contributed by atoms with Crippen LogP contribution in [-0.2, 0) is 13.7 Å². The highest BCUT2D eigenvalue weighted by atomic mass is 16.5. The molecule has 0 unspecified atom stereocenters. The molecule has 6 heteroatoms. The van der Waals surface area contributed by atoms with Crippen LogP contribution in [0.4, 0.5) is 0 Å². The Morgan fingerprint density at radius 3 is 2.75 bits per heavy atom. The number of hydrogen-bond acceptors (Lipinski definition) is 4. The summed E-state index contributed by atoms with van der Waals surface area (Å²) < 4.78 is 14.9. The van der Waals surface area contributed by atoms with Crippen LogP contribution in [0.1, 0.15) is 36.1 Å². The monoisotopic (exact) mass is 375 g/mol. The maximum absolute atomic E-state index is 12.6. The SMILES string of the molecule is Cc1ccc(COc2ccn(-c3ccc4nc(C5CC5)n(C)c4c3)c(=O)c2)o1. The van der Waals surface area contributed by atoms with Crippen molar-refractivity contribution < 1.29 is 9.15 Å². The molecular weight excluding hydrogens is 354 g/mol. The van der Waals surface area contributed by atoms with Gasteiger partial charge in [-0.1, -0.05) is 0 Å². The minimum atomic E-state index is -0.142. The molecule has 3 heterocycles. The molecule has 1 saturated carbocycles. The zero-order valence-corrected chi connectivity index (χ0v) is 15.9. The Kier molecular flexibility index (Phi) is 3.86. The third kappa shape index (κ3) is 3.01. The zero-order valence-electron chi connectivity index (χ0n) is 15.9. The minimum Gasteiger partial charge on any atom is -0.485 e. The van der Waals surface area contributed by atoms with Gasteiger partial charge in [0.05, 0.1) is 16.7 Å². The van der Waals surface area contributed by atoms with E-state index in [0.717, 1.165) is 34.1 Å². The van der Waals surface area contributed by atoms with Gasteiger partial charge in [0.1, 0.15) is 29.7 Å². The van der Waals surface area contributed by atoms with Gasteiger partial charge in [-0.15, -0.1) is 0 Å². The standard InChI is InChI=1S/C22H21N3O3/c1-14-3-7-18(28-14)13-27-17-9-10-25(21(26)12-17)16-6-8-19-20(11-16)24(2)22(23-19)15-4-5-15/h3,6-12,15H,4-5,13H2,1-2H3. The molecule has 4 aromatic rings. The average Bonchev–Trinajstić information content (AvgIpc) is 3.37.